The first-order chi connectivity index (χ1) is 11.5. The van der Waals surface area contributed by atoms with E-state index in [2.05, 4.69) is 10.6 Å². The molecule has 0 aliphatic carbocycles. The van der Waals surface area contributed by atoms with Crippen molar-refractivity contribution in [2.24, 2.45) is 0 Å². The number of anilines is 1. The molecular formula is C17H20FN3O3. The van der Waals surface area contributed by atoms with Crippen molar-refractivity contribution in [2.75, 3.05) is 11.9 Å². The fourth-order valence-corrected chi connectivity index (χ4v) is 2.16. The SMILES string of the molecule is CCC(CO)NC(=O)Nc1cccn(Cc2ccc(F)cc2)c1=O. The Labute approximate surface area is 138 Å². The van der Waals surface area contributed by atoms with E-state index in [4.69, 9.17) is 5.11 Å². The van der Waals surface area contributed by atoms with Crippen LogP contribution in [0.25, 0.3) is 0 Å². The standard InChI is InChI=1S/C17H20FN3O3/c1-2-14(11-22)19-17(24)20-15-4-3-9-21(16(15)23)10-12-5-7-13(18)8-6-12/h3-9,14,22H,2,10-11H2,1H3,(H2,19,20,24). The summed E-state index contributed by atoms with van der Waals surface area (Å²) in [6, 6.07) is 8.09. The molecule has 0 aliphatic heterocycles. The Morgan fingerprint density at radius 1 is 1.29 bits per heavy atom. The van der Waals surface area contributed by atoms with Gasteiger partial charge in [-0.2, -0.15) is 0 Å². The summed E-state index contributed by atoms with van der Waals surface area (Å²) >= 11 is 0. The van der Waals surface area contributed by atoms with Crippen LogP contribution in [0, 0.1) is 5.82 Å². The fourth-order valence-electron chi connectivity index (χ4n) is 2.16. The van der Waals surface area contributed by atoms with Crippen LogP contribution in [0.1, 0.15) is 18.9 Å². The first-order valence-corrected chi connectivity index (χ1v) is 7.65. The molecule has 2 amide bonds. The van der Waals surface area contributed by atoms with Crippen LogP contribution in [0.2, 0.25) is 0 Å². The second kappa shape index (κ2) is 8.26. The number of hydrogen-bond acceptors (Lipinski definition) is 3. The van der Waals surface area contributed by atoms with Crippen LogP contribution < -0.4 is 16.2 Å². The van der Waals surface area contributed by atoms with Gasteiger partial charge in [0.15, 0.2) is 0 Å². The van der Waals surface area contributed by atoms with Gasteiger partial charge in [0.2, 0.25) is 0 Å². The molecule has 24 heavy (non-hydrogen) atoms. The Balaban J connectivity index is 2.11. The van der Waals surface area contributed by atoms with Gasteiger partial charge in [-0.25, -0.2) is 9.18 Å². The van der Waals surface area contributed by atoms with Gasteiger partial charge < -0.3 is 20.3 Å². The highest BCUT2D eigenvalue weighted by atomic mass is 19.1. The summed E-state index contributed by atoms with van der Waals surface area (Å²) in [7, 11) is 0. The van der Waals surface area contributed by atoms with Gasteiger partial charge in [0, 0.05) is 6.20 Å². The lowest BCUT2D eigenvalue weighted by Crippen LogP contribution is -2.41. The summed E-state index contributed by atoms with van der Waals surface area (Å²) in [5, 5.41) is 14.2. The zero-order chi connectivity index (χ0) is 17.5. The lowest BCUT2D eigenvalue weighted by molar-refractivity contribution is 0.222. The number of aliphatic hydroxyl groups is 1. The minimum absolute atomic E-state index is 0.130. The topological polar surface area (TPSA) is 83.4 Å². The summed E-state index contributed by atoms with van der Waals surface area (Å²) in [6.07, 6.45) is 2.17. The number of hydrogen-bond donors (Lipinski definition) is 3. The molecule has 128 valence electrons. The van der Waals surface area contributed by atoms with E-state index in [1.54, 1.807) is 24.4 Å². The van der Waals surface area contributed by atoms with Gasteiger partial charge in [0.05, 0.1) is 19.2 Å². The summed E-state index contributed by atoms with van der Waals surface area (Å²) in [6.45, 7) is 1.93. The highest BCUT2D eigenvalue weighted by Gasteiger charge is 2.11. The van der Waals surface area contributed by atoms with Gasteiger partial charge in [-0.1, -0.05) is 19.1 Å². The molecule has 2 rings (SSSR count). The first kappa shape index (κ1) is 17.7. The molecule has 1 unspecified atom stereocenters. The molecule has 0 saturated heterocycles. The average Bonchev–Trinajstić information content (AvgIpc) is 2.58. The minimum atomic E-state index is -0.549. The summed E-state index contributed by atoms with van der Waals surface area (Å²) < 4.78 is 14.4. The third-order valence-electron chi connectivity index (χ3n) is 3.58. The zero-order valence-electron chi connectivity index (χ0n) is 13.3. The zero-order valence-corrected chi connectivity index (χ0v) is 13.3. The normalized spacial score (nSPS) is 11.8. The highest BCUT2D eigenvalue weighted by Crippen LogP contribution is 2.06. The van der Waals surface area contributed by atoms with E-state index in [-0.39, 0.29) is 36.3 Å². The smallest absolute Gasteiger partial charge is 0.319 e. The van der Waals surface area contributed by atoms with Crippen molar-refractivity contribution in [2.45, 2.75) is 25.9 Å². The van der Waals surface area contributed by atoms with Gasteiger partial charge >= 0.3 is 6.03 Å². The number of pyridine rings is 1. The maximum absolute atomic E-state index is 12.9. The number of amides is 2. The molecule has 1 heterocycles. The van der Waals surface area contributed by atoms with Crippen molar-refractivity contribution < 1.29 is 14.3 Å². The Morgan fingerprint density at radius 3 is 2.62 bits per heavy atom. The third kappa shape index (κ3) is 4.66. The monoisotopic (exact) mass is 333 g/mol. The molecule has 0 spiro atoms. The van der Waals surface area contributed by atoms with Crippen LogP contribution >= 0.6 is 0 Å². The lowest BCUT2D eigenvalue weighted by Gasteiger charge is -2.15. The maximum atomic E-state index is 12.9. The Kier molecular flexibility index (Phi) is 6.08. The van der Waals surface area contributed by atoms with Crippen LogP contribution in [0.4, 0.5) is 14.9 Å². The van der Waals surface area contributed by atoms with E-state index < -0.39 is 6.03 Å². The number of urea groups is 1. The molecule has 0 aliphatic rings. The molecule has 0 saturated carbocycles. The van der Waals surface area contributed by atoms with Crippen LogP contribution in [-0.2, 0) is 6.54 Å². The van der Waals surface area contributed by atoms with Gasteiger partial charge in [0.1, 0.15) is 11.5 Å². The largest absolute Gasteiger partial charge is 0.394 e. The molecule has 1 atom stereocenters. The van der Waals surface area contributed by atoms with E-state index in [9.17, 15) is 14.0 Å². The van der Waals surface area contributed by atoms with Gasteiger partial charge in [0.25, 0.3) is 5.56 Å². The summed E-state index contributed by atoms with van der Waals surface area (Å²) in [5.74, 6) is -0.340. The van der Waals surface area contributed by atoms with Crippen molar-refractivity contribution in [3.8, 4) is 0 Å². The highest BCUT2D eigenvalue weighted by molar-refractivity contribution is 5.89. The van der Waals surface area contributed by atoms with E-state index in [1.807, 2.05) is 6.92 Å². The van der Waals surface area contributed by atoms with Crippen molar-refractivity contribution >= 4 is 11.7 Å². The summed E-state index contributed by atoms with van der Waals surface area (Å²) in [4.78, 5) is 24.3. The molecule has 0 radical (unpaired) electrons. The van der Waals surface area contributed by atoms with E-state index in [0.717, 1.165) is 5.56 Å². The quantitative estimate of drug-likeness (QED) is 0.755. The number of nitrogens with zero attached hydrogens (tertiary/aromatic N) is 1. The summed E-state index contributed by atoms with van der Waals surface area (Å²) in [5.41, 5.74) is 0.533. The number of halogens is 1. The number of rotatable bonds is 6. The van der Waals surface area contributed by atoms with Crippen LogP contribution in [0.15, 0.2) is 47.4 Å². The molecule has 2 aromatic rings. The number of benzene rings is 1. The third-order valence-corrected chi connectivity index (χ3v) is 3.58. The molecule has 0 fully saturated rings. The van der Waals surface area contributed by atoms with Crippen LogP contribution in [-0.4, -0.2) is 28.4 Å². The van der Waals surface area contributed by atoms with Crippen molar-refractivity contribution in [3.63, 3.8) is 0 Å². The molecular weight excluding hydrogens is 313 g/mol. The van der Waals surface area contributed by atoms with Gasteiger partial charge in [-0.05, 0) is 36.2 Å². The predicted octanol–water partition coefficient (Wildman–Crippen LogP) is 1.93. The Bertz CT molecular complexity index is 739. The maximum Gasteiger partial charge on any atom is 0.319 e. The molecule has 3 N–H and O–H groups in total. The molecule has 6 nitrogen and oxygen atoms in total. The van der Waals surface area contributed by atoms with Gasteiger partial charge in [-0.15, -0.1) is 0 Å². The van der Waals surface area contributed by atoms with Crippen LogP contribution in [0.5, 0.6) is 0 Å². The minimum Gasteiger partial charge on any atom is -0.394 e. The Hall–Kier alpha value is -2.67. The molecule has 0 bridgehead atoms. The van der Waals surface area contributed by atoms with Crippen molar-refractivity contribution in [1.29, 1.82) is 0 Å². The average molecular weight is 333 g/mol. The van der Waals surface area contributed by atoms with Crippen molar-refractivity contribution in [3.05, 3.63) is 64.3 Å². The van der Waals surface area contributed by atoms with Gasteiger partial charge in [-0.3, -0.25) is 4.79 Å². The fraction of sp³-hybridized carbons (Fsp3) is 0.294. The first-order valence-electron chi connectivity index (χ1n) is 7.65. The number of aliphatic hydroxyl groups excluding tert-OH is 1. The van der Waals surface area contributed by atoms with E-state index >= 15 is 0 Å². The van der Waals surface area contributed by atoms with E-state index in [0.29, 0.717) is 6.42 Å². The Morgan fingerprint density at radius 2 is 2.00 bits per heavy atom. The van der Waals surface area contributed by atoms with Crippen molar-refractivity contribution in [1.82, 2.24) is 9.88 Å². The second-order valence-electron chi connectivity index (χ2n) is 5.37. The second-order valence-corrected chi connectivity index (χ2v) is 5.37. The lowest BCUT2D eigenvalue weighted by atomic mass is 10.2. The van der Waals surface area contributed by atoms with E-state index in [1.165, 1.54) is 22.8 Å². The molecule has 7 heteroatoms. The molecule has 1 aromatic heterocycles. The number of aromatic nitrogens is 1. The number of carbonyl (C=O) groups is 1. The predicted molar refractivity (Wildman–Crippen MR) is 89.5 cm³/mol. The number of carbonyl (C=O) groups excluding carboxylic acids is 1. The molecule has 1 aromatic carbocycles. The number of nitrogens with one attached hydrogen (secondary N) is 2. The van der Waals surface area contributed by atoms with Crippen LogP contribution in [0.3, 0.4) is 0 Å².